The van der Waals surface area contributed by atoms with Crippen molar-refractivity contribution in [1.82, 2.24) is 5.32 Å². The molecular formula is C22H39NO5. The second-order valence-electron chi connectivity index (χ2n) is 7.39. The van der Waals surface area contributed by atoms with Crippen molar-refractivity contribution in [2.75, 3.05) is 0 Å². The van der Waals surface area contributed by atoms with Gasteiger partial charge in [-0.15, -0.1) is 0 Å². The van der Waals surface area contributed by atoms with E-state index in [1.165, 1.54) is 44.9 Å². The van der Waals surface area contributed by atoms with Crippen LogP contribution >= 0.6 is 0 Å². The predicted octanol–water partition coefficient (Wildman–Crippen LogP) is 5.07. The molecule has 0 aliphatic carbocycles. The summed E-state index contributed by atoms with van der Waals surface area (Å²) in [6.45, 7) is 2.24. The van der Waals surface area contributed by atoms with E-state index in [9.17, 15) is 14.4 Å². The lowest BCUT2D eigenvalue weighted by Crippen LogP contribution is -2.42. The number of nitrogens with one attached hydrogen (secondary N) is 1. The Labute approximate surface area is 169 Å². The first-order valence-electron chi connectivity index (χ1n) is 10.9. The maximum Gasteiger partial charge on any atom is 0.326 e. The van der Waals surface area contributed by atoms with E-state index in [1.54, 1.807) is 0 Å². The van der Waals surface area contributed by atoms with E-state index in [-0.39, 0.29) is 6.42 Å². The maximum atomic E-state index is 11.7. The lowest BCUT2D eigenvalue weighted by molar-refractivity contribution is -0.147. The van der Waals surface area contributed by atoms with Crippen LogP contribution in [0.1, 0.15) is 103 Å². The van der Waals surface area contributed by atoms with Crippen molar-refractivity contribution in [2.45, 2.75) is 109 Å². The number of aliphatic carboxylic acids is 2. The van der Waals surface area contributed by atoms with Crippen molar-refractivity contribution in [3.63, 3.8) is 0 Å². The summed E-state index contributed by atoms with van der Waals surface area (Å²) in [5.74, 6) is -2.96. The van der Waals surface area contributed by atoms with Crippen LogP contribution in [0, 0.1) is 0 Å². The molecule has 6 heteroatoms. The van der Waals surface area contributed by atoms with Gasteiger partial charge in [-0.2, -0.15) is 0 Å². The third-order valence-corrected chi connectivity index (χ3v) is 4.68. The van der Waals surface area contributed by atoms with E-state index in [1.807, 2.05) is 0 Å². The smallest absolute Gasteiger partial charge is 0.326 e. The summed E-state index contributed by atoms with van der Waals surface area (Å²) < 4.78 is 0. The van der Waals surface area contributed by atoms with Gasteiger partial charge in [0.2, 0.25) is 5.91 Å². The number of amides is 1. The first-order chi connectivity index (χ1) is 13.5. The molecule has 6 nitrogen and oxygen atoms in total. The van der Waals surface area contributed by atoms with Crippen LogP contribution in [0.15, 0.2) is 12.2 Å². The minimum atomic E-state index is -1.35. The van der Waals surface area contributed by atoms with Crippen LogP contribution < -0.4 is 5.32 Å². The number of hydrogen-bond donors (Lipinski definition) is 3. The summed E-state index contributed by atoms with van der Waals surface area (Å²) in [4.78, 5) is 33.2. The van der Waals surface area contributed by atoms with Gasteiger partial charge >= 0.3 is 11.9 Å². The third kappa shape index (κ3) is 17.6. The average molecular weight is 398 g/mol. The van der Waals surface area contributed by atoms with Crippen molar-refractivity contribution in [3.05, 3.63) is 12.2 Å². The Morgan fingerprint density at radius 2 is 1.29 bits per heavy atom. The zero-order chi connectivity index (χ0) is 21.0. The summed E-state index contributed by atoms with van der Waals surface area (Å²) in [6.07, 6.45) is 19.4. The molecule has 0 aromatic rings. The molecule has 0 aliphatic rings. The Morgan fingerprint density at radius 3 is 1.79 bits per heavy atom. The quantitative estimate of drug-likeness (QED) is 0.209. The highest BCUT2D eigenvalue weighted by Crippen LogP contribution is 2.10. The van der Waals surface area contributed by atoms with Crippen LogP contribution in [-0.2, 0) is 14.4 Å². The van der Waals surface area contributed by atoms with E-state index < -0.39 is 30.3 Å². The molecule has 1 amide bonds. The summed E-state index contributed by atoms with van der Waals surface area (Å²) in [6, 6.07) is -1.35. The SMILES string of the molecule is CCCCCCCC/C=C\CCCCCCCC(=O)N[C@@H](CC(=O)O)C(=O)O. The average Bonchev–Trinajstić information content (AvgIpc) is 2.64. The monoisotopic (exact) mass is 397 g/mol. The molecule has 0 fully saturated rings. The molecular weight excluding hydrogens is 358 g/mol. The van der Waals surface area contributed by atoms with E-state index in [0.717, 1.165) is 32.1 Å². The number of carbonyl (C=O) groups excluding carboxylic acids is 1. The first-order valence-corrected chi connectivity index (χ1v) is 10.9. The molecule has 0 unspecified atom stereocenters. The second kappa shape index (κ2) is 18.5. The molecule has 28 heavy (non-hydrogen) atoms. The van der Waals surface area contributed by atoms with E-state index in [4.69, 9.17) is 10.2 Å². The molecule has 0 saturated heterocycles. The zero-order valence-corrected chi connectivity index (χ0v) is 17.5. The number of allylic oxidation sites excluding steroid dienone is 2. The van der Waals surface area contributed by atoms with Crippen molar-refractivity contribution < 1.29 is 24.6 Å². The highest BCUT2D eigenvalue weighted by Gasteiger charge is 2.22. The Morgan fingerprint density at radius 1 is 0.786 bits per heavy atom. The molecule has 162 valence electrons. The lowest BCUT2D eigenvalue weighted by atomic mass is 10.1. The molecule has 0 aromatic carbocycles. The molecule has 0 aromatic heterocycles. The highest BCUT2D eigenvalue weighted by atomic mass is 16.4. The Hall–Kier alpha value is -1.85. The first kappa shape index (κ1) is 26.1. The second-order valence-corrected chi connectivity index (χ2v) is 7.39. The number of unbranched alkanes of at least 4 members (excludes halogenated alkanes) is 11. The van der Waals surface area contributed by atoms with Crippen LogP contribution in [-0.4, -0.2) is 34.1 Å². The number of hydrogen-bond acceptors (Lipinski definition) is 3. The molecule has 0 heterocycles. The maximum absolute atomic E-state index is 11.7. The fourth-order valence-corrected chi connectivity index (χ4v) is 3.00. The van der Waals surface area contributed by atoms with Crippen LogP contribution in [0.2, 0.25) is 0 Å². The van der Waals surface area contributed by atoms with Gasteiger partial charge in [0, 0.05) is 6.42 Å². The third-order valence-electron chi connectivity index (χ3n) is 4.68. The molecule has 3 N–H and O–H groups in total. The van der Waals surface area contributed by atoms with Gasteiger partial charge in [-0.25, -0.2) is 4.79 Å². The number of rotatable bonds is 19. The zero-order valence-electron chi connectivity index (χ0n) is 17.5. The van der Waals surface area contributed by atoms with Crippen molar-refractivity contribution in [2.24, 2.45) is 0 Å². The van der Waals surface area contributed by atoms with Gasteiger partial charge in [-0.05, 0) is 32.1 Å². The predicted molar refractivity (Wildman–Crippen MR) is 111 cm³/mol. The van der Waals surface area contributed by atoms with Crippen LogP contribution in [0.25, 0.3) is 0 Å². The molecule has 0 radical (unpaired) electrons. The molecule has 0 bridgehead atoms. The lowest BCUT2D eigenvalue weighted by Gasteiger charge is -2.12. The van der Waals surface area contributed by atoms with Crippen LogP contribution in [0.3, 0.4) is 0 Å². The Balaban J connectivity index is 3.51. The standard InChI is InChI=1S/C22H39NO5/c1-2-3-4-5-6-7-8-9-10-11-12-13-14-15-16-17-20(24)23-19(22(27)28)18-21(25)26/h9-10,19H,2-8,11-18H2,1H3,(H,23,24)(H,25,26)(H,27,28)/b10-9-/t19-/m0/s1. The fourth-order valence-electron chi connectivity index (χ4n) is 3.00. The summed E-state index contributed by atoms with van der Waals surface area (Å²) in [7, 11) is 0. The van der Waals surface area contributed by atoms with Gasteiger partial charge in [0.05, 0.1) is 6.42 Å². The van der Waals surface area contributed by atoms with E-state index in [2.05, 4.69) is 24.4 Å². The number of carbonyl (C=O) groups is 3. The van der Waals surface area contributed by atoms with Gasteiger partial charge in [0.1, 0.15) is 6.04 Å². The Kier molecular flexibility index (Phi) is 17.3. The molecule has 0 saturated carbocycles. The fraction of sp³-hybridized carbons (Fsp3) is 0.773. The number of carboxylic acid groups (broad SMARTS) is 2. The Bertz CT molecular complexity index is 462. The summed E-state index contributed by atoms with van der Waals surface area (Å²) in [5.41, 5.74) is 0. The van der Waals surface area contributed by atoms with Gasteiger partial charge in [0.15, 0.2) is 0 Å². The normalized spacial score (nSPS) is 12.2. The van der Waals surface area contributed by atoms with Crippen molar-refractivity contribution in [3.8, 4) is 0 Å². The van der Waals surface area contributed by atoms with E-state index in [0.29, 0.717) is 6.42 Å². The minimum Gasteiger partial charge on any atom is -0.481 e. The van der Waals surface area contributed by atoms with Gasteiger partial charge < -0.3 is 15.5 Å². The number of carboxylic acids is 2. The largest absolute Gasteiger partial charge is 0.481 e. The molecule has 1 atom stereocenters. The van der Waals surface area contributed by atoms with Gasteiger partial charge in [-0.1, -0.05) is 70.4 Å². The van der Waals surface area contributed by atoms with Gasteiger partial charge in [-0.3, -0.25) is 9.59 Å². The van der Waals surface area contributed by atoms with Crippen LogP contribution in [0.5, 0.6) is 0 Å². The molecule has 0 spiro atoms. The molecule has 0 aliphatic heterocycles. The highest BCUT2D eigenvalue weighted by molar-refractivity contribution is 5.86. The van der Waals surface area contributed by atoms with Crippen molar-refractivity contribution >= 4 is 17.8 Å². The summed E-state index contributed by atoms with van der Waals surface area (Å²) >= 11 is 0. The van der Waals surface area contributed by atoms with E-state index >= 15 is 0 Å². The van der Waals surface area contributed by atoms with Crippen LogP contribution in [0.4, 0.5) is 0 Å². The minimum absolute atomic E-state index is 0.238. The topological polar surface area (TPSA) is 104 Å². The van der Waals surface area contributed by atoms with Crippen molar-refractivity contribution in [1.29, 1.82) is 0 Å². The summed E-state index contributed by atoms with van der Waals surface area (Å²) in [5, 5.41) is 19.8. The molecule has 0 rings (SSSR count). The van der Waals surface area contributed by atoms with Gasteiger partial charge in [0.25, 0.3) is 0 Å².